The van der Waals surface area contributed by atoms with E-state index in [1.807, 2.05) is 0 Å². The van der Waals surface area contributed by atoms with E-state index in [-0.39, 0.29) is 28.3 Å². The van der Waals surface area contributed by atoms with Gasteiger partial charge in [0.2, 0.25) is 0 Å². The lowest BCUT2D eigenvalue weighted by Crippen LogP contribution is -2.48. The van der Waals surface area contributed by atoms with E-state index in [9.17, 15) is 24.6 Å². The molecule has 0 saturated heterocycles. The maximum atomic E-state index is 12.8. The number of aryl methyl sites for hydroxylation is 1. The van der Waals surface area contributed by atoms with Crippen LogP contribution in [0.4, 0.5) is 10.6 Å². The monoisotopic (exact) mass is 538 g/mol. The highest BCUT2D eigenvalue weighted by atomic mass is 16.6. The largest absolute Gasteiger partial charge is 0.461 e. The fraction of sp³-hybridized carbons (Fsp3) is 0.625. The van der Waals surface area contributed by atoms with Gasteiger partial charge in [0.05, 0.1) is 23.7 Å². The normalized spacial score (nSPS) is 15.1. The average molecular weight is 539 g/mol. The maximum Gasteiger partial charge on any atom is 0.408 e. The number of nitrogens with two attached hydrogens (primary N) is 2. The third kappa shape index (κ3) is 7.76. The van der Waals surface area contributed by atoms with Crippen LogP contribution in [0.5, 0.6) is 0 Å². The van der Waals surface area contributed by atoms with Crippen LogP contribution in [0, 0.1) is 12.8 Å². The quantitative estimate of drug-likeness (QED) is 0.252. The van der Waals surface area contributed by atoms with Gasteiger partial charge in [-0.1, -0.05) is 13.8 Å². The number of hydrogen-bond donors (Lipinski definition) is 5. The van der Waals surface area contributed by atoms with Crippen molar-refractivity contribution in [2.45, 2.75) is 78.5 Å². The third-order valence-electron chi connectivity index (χ3n) is 5.40. The van der Waals surface area contributed by atoms with E-state index in [0.29, 0.717) is 5.82 Å². The number of primary amides is 1. The summed E-state index contributed by atoms with van der Waals surface area (Å²) in [6.07, 6.45) is -2.88. The number of nitrogens with one attached hydrogen (secondary N) is 1. The molecule has 38 heavy (non-hydrogen) atoms. The summed E-state index contributed by atoms with van der Waals surface area (Å²) in [5.41, 5.74) is 10.9. The third-order valence-corrected chi connectivity index (χ3v) is 5.40. The number of nitrogen functional groups attached to an aromatic ring is 1. The van der Waals surface area contributed by atoms with Gasteiger partial charge in [-0.05, 0) is 40.5 Å². The van der Waals surface area contributed by atoms with Crippen molar-refractivity contribution in [2.75, 3.05) is 18.9 Å². The standard InChI is InChI=1S/C24H38N6O8/c1-11(2)18(29-23(35)38-24(5,6)7)22(34)36-10-15(12(3)32)37-16(9-31)30-8-14(20(26)33)17-19(25)27-13(4)28-21(17)30/h8,11-12,15-16,18,31-32H,9-10H2,1-7H3,(H2,26,33)(H,29,35)(H2,25,27,28)/t12-,15+,16+,18-/m0/s1. The van der Waals surface area contributed by atoms with E-state index in [0.717, 1.165) is 0 Å². The number of carbonyl (C=O) groups excluding carboxylic acids is 3. The Kier molecular flexibility index (Phi) is 10.0. The minimum Gasteiger partial charge on any atom is -0.461 e. The van der Waals surface area contributed by atoms with Gasteiger partial charge in [0, 0.05) is 6.20 Å². The van der Waals surface area contributed by atoms with Crippen molar-refractivity contribution >= 4 is 34.8 Å². The Morgan fingerprint density at radius 1 is 1.18 bits per heavy atom. The number of carbonyl (C=O) groups is 3. The second kappa shape index (κ2) is 12.4. The van der Waals surface area contributed by atoms with Crippen molar-refractivity contribution in [3.8, 4) is 0 Å². The predicted molar refractivity (Wildman–Crippen MR) is 137 cm³/mol. The van der Waals surface area contributed by atoms with E-state index in [1.54, 1.807) is 41.5 Å². The summed E-state index contributed by atoms with van der Waals surface area (Å²) in [6, 6.07) is -1.03. The van der Waals surface area contributed by atoms with Gasteiger partial charge in [0.1, 0.15) is 41.6 Å². The lowest BCUT2D eigenvalue weighted by Gasteiger charge is -2.28. The van der Waals surface area contributed by atoms with Crippen LogP contribution in [0.2, 0.25) is 0 Å². The van der Waals surface area contributed by atoms with Crippen molar-refractivity contribution in [1.82, 2.24) is 19.9 Å². The summed E-state index contributed by atoms with van der Waals surface area (Å²) in [5, 5.41) is 23.1. The van der Waals surface area contributed by atoms with Gasteiger partial charge >= 0.3 is 12.1 Å². The Bertz CT molecular complexity index is 1160. The minimum atomic E-state index is -1.17. The zero-order chi connectivity index (χ0) is 28.9. The molecular formula is C24H38N6O8. The molecule has 0 radical (unpaired) electrons. The molecule has 0 aliphatic rings. The molecular weight excluding hydrogens is 500 g/mol. The van der Waals surface area contributed by atoms with Gasteiger partial charge < -0.3 is 45.8 Å². The molecule has 0 aliphatic heterocycles. The van der Waals surface area contributed by atoms with Crippen LogP contribution in [0.1, 0.15) is 64.0 Å². The van der Waals surface area contributed by atoms with Gasteiger partial charge in [-0.25, -0.2) is 19.6 Å². The molecule has 2 heterocycles. The van der Waals surface area contributed by atoms with Crippen molar-refractivity contribution in [2.24, 2.45) is 11.7 Å². The fourth-order valence-corrected chi connectivity index (χ4v) is 3.57. The summed E-state index contributed by atoms with van der Waals surface area (Å²) in [7, 11) is 0. The topological polar surface area (TPSA) is 214 Å². The molecule has 2 amide bonds. The minimum absolute atomic E-state index is 0.0209. The first kappa shape index (κ1) is 30.7. The number of anilines is 1. The van der Waals surface area contributed by atoms with Gasteiger partial charge in [0.15, 0.2) is 6.23 Å². The van der Waals surface area contributed by atoms with Crippen LogP contribution in [0.3, 0.4) is 0 Å². The molecule has 0 aliphatic carbocycles. The number of aliphatic hydroxyl groups is 2. The van der Waals surface area contributed by atoms with Crippen molar-refractivity contribution in [3.05, 3.63) is 17.6 Å². The molecule has 212 valence electrons. The predicted octanol–water partition coefficient (Wildman–Crippen LogP) is 0.770. The number of fused-ring (bicyclic) bond motifs is 1. The van der Waals surface area contributed by atoms with Crippen molar-refractivity contribution < 1.29 is 38.8 Å². The van der Waals surface area contributed by atoms with Gasteiger partial charge in [-0.3, -0.25) is 4.79 Å². The molecule has 7 N–H and O–H groups in total. The van der Waals surface area contributed by atoms with Crippen LogP contribution >= 0.6 is 0 Å². The van der Waals surface area contributed by atoms with Crippen LogP contribution in [0.25, 0.3) is 11.0 Å². The number of hydrogen-bond acceptors (Lipinski definition) is 11. The van der Waals surface area contributed by atoms with E-state index in [1.165, 1.54) is 17.7 Å². The summed E-state index contributed by atoms with van der Waals surface area (Å²) < 4.78 is 17.8. The Morgan fingerprint density at radius 3 is 2.32 bits per heavy atom. The summed E-state index contributed by atoms with van der Waals surface area (Å²) in [6.45, 7) is 10.5. The van der Waals surface area contributed by atoms with E-state index in [4.69, 9.17) is 25.7 Å². The molecule has 0 bridgehead atoms. The molecule has 0 unspecified atom stereocenters. The number of amides is 2. The molecule has 14 heteroatoms. The highest BCUT2D eigenvalue weighted by Crippen LogP contribution is 2.28. The van der Waals surface area contributed by atoms with Crippen LogP contribution < -0.4 is 16.8 Å². The number of aliphatic hydroxyl groups excluding tert-OH is 2. The van der Waals surface area contributed by atoms with Crippen LogP contribution in [-0.2, 0) is 19.0 Å². The van der Waals surface area contributed by atoms with Gasteiger partial charge in [-0.15, -0.1) is 0 Å². The first-order valence-electron chi connectivity index (χ1n) is 12.1. The second-order valence-corrected chi connectivity index (χ2v) is 10.2. The Hall–Kier alpha value is -3.49. The molecule has 4 atom stereocenters. The van der Waals surface area contributed by atoms with Crippen LogP contribution in [-0.4, -0.2) is 79.8 Å². The highest BCUT2D eigenvalue weighted by Gasteiger charge is 2.31. The average Bonchev–Trinajstić information content (AvgIpc) is 3.15. The number of rotatable bonds is 11. The van der Waals surface area contributed by atoms with Gasteiger partial charge in [0.25, 0.3) is 5.91 Å². The summed E-state index contributed by atoms with van der Waals surface area (Å²) >= 11 is 0. The molecule has 2 aromatic rings. The molecule has 2 aromatic heterocycles. The zero-order valence-corrected chi connectivity index (χ0v) is 22.7. The Morgan fingerprint density at radius 2 is 1.82 bits per heavy atom. The lowest BCUT2D eigenvalue weighted by molar-refractivity contribution is -0.165. The van der Waals surface area contributed by atoms with E-state index < -0.39 is 61.3 Å². The number of esters is 1. The molecule has 0 fully saturated rings. The van der Waals surface area contributed by atoms with Crippen molar-refractivity contribution in [3.63, 3.8) is 0 Å². The molecule has 14 nitrogen and oxygen atoms in total. The zero-order valence-electron chi connectivity index (χ0n) is 22.7. The number of aromatic nitrogens is 3. The first-order chi connectivity index (χ1) is 17.5. The number of nitrogens with zero attached hydrogens (tertiary/aromatic N) is 3. The maximum absolute atomic E-state index is 12.8. The molecule has 0 spiro atoms. The smallest absolute Gasteiger partial charge is 0.408 e. The number of ether oxygens (including phenoxy) is 3. The van der Waals surface area contributed by atoms with E-state index in [2.05, 4.69) is 15.3 Å². The van der Waals surface area contributed by atoms with Crippen molar-refractivity contribution in [1.29, 1.82) is 0 Å². The summed E-state index contributed by atoms with van der Waals surface area (Å²) in [5.74, 6) is -1.56. The lowest BCUT2D eigenvalue weighted by atomic mass is 10.1. The Labute approximate surface area is 220 Å². The van der Waals surface area contributed by atoms with Crippen LogP contribution in [0.15, 0.2) is 6.20 Å². The Balaban J connectivity index is 2.25. The van der Waals surface area contributed by atoms with Gasteiger partial charge in [-0.2, -0.15) is 0 Å². The molecule has 0 saturated carbocycles. The number of alkyl carbamates (subject to hydrolysis) is 1. The molecule has 2 rings (SSSR count). The first-order valence-corrected chi connectivity index (χ1v) is 12.1. The SMILES string of the molecule is Cc1nc(N)c2c(C(N)=O)cn([C@@H](CO)O[C@H](COC(=O)[C@@H](NC(=O)OC(C)(C)C)C(C)C)[C@H](C)O)c2n1. The fourth-order valence-electron chi connectivity index (χ4n) is 3.57. The second-order valence-electron chi connectivity index (χ2n) is 10.2. The van der Waals surface area contributed by atoms with E-state index >= 15 is 0 Å². The highest BCUT2D eigenvalue weighted by molar-refractivity contribution is 6.08. The molecule has 0 aromatic carbocycles. The summed E-state index contributed by atoms with van der Waals surface area (Å²) in [4.78, 5) is 45.4.